The highest BCUT2D eigenvalue weighted by atomic mass is 35.5. The van der Waals surface area contributed by atoms with Crippen molar-refractivity contribution in [3.05, 3.63) is 64.9 Å². The third-order valence-corrected chi connectivity index (χ3v) is 6.15. The lowest BCUT2D eigenvalue weighted by molar-refractivity contribution is 0.235. The number of hydrogen-bond donors (Lipinski definition) is 0. The standard InChI is InChI=1S/C19H21ClFNS.ClH/c20-18-3-1-2-4-19(18)23-17-10-13-22(14-11-17)12-9-15-5-7-16(21)8-6-15;/h1-8,17H,9-14H2;1H. The predicted molar refractivity (Wildman–Crippen MR) is 104 cm³/mol. The monoisotopic (exact) mass is 385 g/mol. The third-order valence-electron chi connectivity index (χ3n) is 4.29. The molecule has 2 aromatic rings. The second-order valence-electron chi connectivity index (χ2n) is 5.97. The van der Waals surface area contributed by atoms with Crippen LogP contribution in [0, 0.1) is 5.82 Å². The molecule has 5 heteroatoms. The van der Waals surface area contributed by atoms with Crippen molar-refractivity contribution in [3.8, 4) is 0 Å². The van der Waals surface area contributed by atoms with Crippen LogP contribution >= 0.6 is 35.8 Å². The zero-order chi connectivity index (χ0) is 16.1. The molecule has 0 radical (unpaired) electrons. The summed E-state index contributed by atoms with van der Waals surface area (Å²) >= 11 is 8.15. The second-order valence-corrected chi connectivity index (χ2v) is 7.72. The molecule has 1 heterocycles. The van der Waals surface area contributed by atoms with Gasteiger partial charge < -0.3 is 4.90 Å². The summed E-state index contributed by atoms with van der Waals surface area (Å²) in [5, 5.41) is 1.51. The van der Waals surface area contributed by atoms with Crippen molar-refractivity contribution < 1.29 is 4.39 Å². The Bertz CT molecular complexity index is 628. The highest BCUT2D eigenvalue weighted by molar-refractivity contribution is 8.00. The van der Waals surface area contributed by atoms with Gasteiger partial charge in [0.15, 0.2) is 0 Å². The van der Waals surface area contributed by atoms with Crippen molar-refractivity contribution in [2.45, 2.75) is 29.4 Å². The molecular formula is C19H22Cl2FNS. The van der Waals surface area contributed by atoms with Gasteiger partial charge in [-0.2, -0.15) is 0 Å². The Hall–Kier alpha value is -0.740. The molecule has 0 spiro atoms. The fourth-order valence-corrected chi connectivity index (χ4v) is 4.32. The summed E-state index contributed by atoms with van der Waals surface area (Å²) in [7, 11) is 0. The largest absolute Gasteiger partial charge is 0.303 e. The van der Waals surface area contributed by atoms with Crippen LogP contribution in [0.15, 0.2) is 53.4 Å². The summed E-state index contributed by atoms with van der Waals surface area (Å²) < 4.78 is 12.9. The van der Waals surface area contributed by atoms with Crippen LogP contribution in [-0.2, 0) is 6.42 Å². The van der Waals surface area contributed by atoms with Crippen molar-refractivity contribution in [1.29, 1.82) is 0 Å². The van der Waals surface area contributed by atoms with Crippen LogP contribution in [-0.4, -0.2) is 29.8 Å². The third kappa shape index (κ3) is 5.66. The molecule has 0 N–H and O–H groups in total. The number of rotatable bonds is 5. The van der Waals surface area contributed by atoms with E-state index < -0.39 is 0 Å². The summed E-state index contributed by atoms with van der Waals surface area (Å²) in [5.41, 5.74) is 1.21. The van der Waals surface area contributed by atoms with E-state index in [1.807, 2.05) is 42.1 Å². The second kappa shape index (κ2) is 9.67. The van der Waals surface area contributed by atoms with E-state index in [9.17, 15) is 4.39 Å². The maximum atomic E-state index is 12.9. The molecule has 130 valence electrons. The van der Waals surface area contributed by atoms with Crippen LogP contribution in [0.3, 0.4) is 0 Å². The molecule has 0 bridgehead atoms. The smallest absolute Gasteiger partial charge is 0.123 e. The van der Waals surface area contributed by atoms with E-state index in [0.29, 0.717) is 5.25 Å². The van der Waals surface area contributed by atoms with Crippen LogP contribution in [0.5, 0.6) is 0 Å². The summed E-state index contributed by atoms with van der Waals surface area (Å²) in [6.07, 6.45) is 3.38. The van der Waals surface area contributed by atoms with Crippen LogP contribution in [0.2, 0.25) is 5.02 Å². The van der Waals surface area contributed by atoms with Gasteiger partial charge in [-0.1, -0.05) is 35.9 Å². The molecule has 0 atom stereocenters. The Morgan fingerprint density at radius 2 is 1.71 bits per heavy atom. The van der Waals surface area contributed by atoms with E-state index in [1.54, 1.807) is 12.1 Å². The van der Waals surface area contributed by atoms with Gasteiger partial charge in [0.05, 0.1) is 5.02 Å². The molecule has 0 aromatic heterocycles. The summed E-state index contributed by atoms with van der Waals surface area (Å²) in [6, 6.07) is 14.9. The SMILES string of the molecule is Cl.Fc1ccc(CCN2CCC(Sc3ccccc3Cl)CC2)cc1. The number of halogens is 3. The Morgan fingerprint density at radius 3 is 2.38 bits per heavy atom. The number of thioether (sulfide) groups is 1. The van der Waals surface area contributed by atoms with Crippen LogP contribution in [0.25, 0.3) is 0 Å². The zero-order valence-electron chi connectivity index (χ0n) is 13.5. The molecule has 0 aliphatic carbocycles. The first-order valence-electron chi connectivity index (χ1n) is 8.09. The Balaban J connectivity index is 0.00000208. The first kappa shape index (κ1) is 19.6. The molecule has 1 saturated heterocycles. The van der Waals surface area contributed by atoms with Gasteiger partial charge >= 0.3 is 0 Å². The fourth-order valence-electron chi connectivity index (χ4n) is 2.91. The van der Waals surface area contributed by atoms with E-state index in [1.165, 1.54) is 23.3 Å². The topological polar surface area (TPSA) is 3.24 Å². The van der Waals surface area contributed by atoms with E-state index in [0.717, 1.165) is 31.1 Å². The van der Waals surface area contributed by atoms with Crippen molar-refractivity contribution in [2.24, 2.45) is 0 Å². The minimum absolute atomic E-state index is 0. The highest BCUT2D eigenvalue weighted by Gasteiger charge is 2.20. The number of benzene rings is 2. The molecule has 0 saturated carbocycles. The maximum absolute atomic E-state index is 12.9. The Kier molecular flexibility index (Phi) is 7.89. The molecule has 24 heavy (non-hydrogen) atoms. The maximum Gasteiger partial charge on any atom is 0.123 e. The molecule has 0 amide bonds. The first-order valence-corrected chi connectivity index (χ1v) is 9.34. The Labute approximate surface area is 159 Å². The van der Waals surface area contributed by atoms with Crippen molar-refractivity contribution in [3.63, 3.8) is 0 Å². The first-order chi connectivity index (χ1) is 11.2. The van der Waals surface area contributed by atoms with Gasteiger partial charge in [-0.25, -0.2) is 4.39 Å². The molecule has 1 aliphatic heterocycles. The van der Waals surface area contributed by atoms with Gasteiger partial charge in [-0.05, 0) is 62.2 Å². The lowest BCUT2D eigenvalue weighted by atomic mass is 10.1. The van der Waals surface area contributed by atoms with Gasteiger partial charge in [0.2, 0.25) is 0 Å². The van der Waals surface area contributed by atoms with Gasteiger partial charge in [0.25, 0.3) is 0 Å². The van der Waals surface area contributed by atoms with Crippen LogP contribution in [0.4, 0.5) is 4.39 Å². The minimum atomic E-state index is -0.161. The summed E-state index contributed by atoms with van der Waals surface area (Å²) in [5.74, 6) is -0.161. The number of hydrogen-bond acceptors (Lipinski definition) is 2. The molecule has 1 fully saturated rings. The van der Waals surface area contributed by atoms with Crippen LogP contribution < -0.4 is 0 Å². The minimum Gasteiger partial charge on any atom is -0.303 e. The van der Waals surface area contributed by atoms with E-state index in [-0.39, 0.29) is 18.2 Å². The predicted octanol–water partition coefficient (Wildman–Crippen LogP) is 5.70. The number of nitrogens with zero attached hydrogens (tertiary/aromatic N) is 1. The fraction of sp³-hybridized carbons (Fsp3) is 0.368. The van der Waals surface area contributed by atoms with Gasteiger partial charge in [-0.15, -0.1) is 24.2 Å². The summed E-state index contributed by atoms with van der Waals surface area (Å²) in [4.78, 5) is 3.70. The molecule has 2 aromatic carbocycles. The van der Waals surface area contributed by atoms with Crippen molar-refractivity contribution >= 4 is 35.8 Å². The quantitative estimate of drug-likeness (QED) is 0.649. The van der Waals surface area contributed by atoms with Crippen molar-refractivity contribution in [1.82, 2.24) is 4.90 Å². The van der Waals surface area contributed by atoms with Gasteiger partial charge in [0.1, 0.15) is 5.82 Å². The van der Waals surface area contributed by atoms with Gasteiger partial charge in [-0.3, -0.25) is 0 Å². The normalized spacial score (nSPS) is 15.9. The van der Waals surface area contributed by atoms with Gasteiger partial charge in [0, 0.05) is 16.7 Å². The summed E-state index contributed by atoms with van der Waals surface area (Å²) in [6.45, 7) is 3.31. The number of piperidine rings is 1. The lowest BCUT2D eigenvalue weighted by Crippen LogP contribution is -2.36. The average molecular weight is 386 g/mol. The van der Waals surface area contributed by atoms with E-state index in [2.05, 4.69) is 11.0 Å². The molecular weight excluding hydrogens is 364 g/mol. The lowest BCUT2D eigenvalue weighted by Gasteiger charge is -2.31. The molecule has 1 aliphatic rings. The van der Waals surface area contributed by atoms with Crippen molar-refractivity contribution in [2.75, 3.05) is 19.6 Å². The number of likely N-dealkylation sites (tertiary alicyclic amines) is 1. The molecule has 0 unspecified atom stereocenters. The van der Waals surface area contributed by atoms with E-state index >= 15 is 0 Å². The highest BCUT2D eigenvalue weighted by Crippen LogP contribution is 2.34. The van der Waals surface area contributed by atoms with Crippen LogP contribution in [0.1, 0.15) is 18.4 Å². The Morgan fingerprint density at radius 1 is 1.04 bits per heavy atom. The van der Waals surface area contributed by atoms with E-state index in [4.69, 9.17) is 11.6 Å². The molecule has 3 rings (SSSR count). The average Bonchev–Trinajstić information content (AvgIpc) is 2.58. The molecule has 1 nitrogen and oxygen atoms in total. The zero-order valence-corrected chi connectivity index (χ0v) is 15.8.